The number of carbonyl (C=O) groups is 1. The second kappa shape index (κ2) is 5.59. The average molecular weight is 274 g/mol. The van der Waals surface area contributed by atoms with Gasteiger partial charge in [-0.15, -0.1) is 0 Å². The van der Waals surface area contributed by atoms with Crippen LogP contribution in [0.5, 0.6) is 0 Å². The van der Waals surface area contributed by atoms with Crippen molar-refractivity contribution in [1.82, 2.24) is 0 Å². The first-order valence-electron chi connectivity index (χ1n) is 7.62. The highest BCUT2D eigenvalue weighted by atomic mass is 16.5. The van der Waals surface area contributed by atoms with Crippen LogP contribution in [0.25, 0.3) is 0 Å². The van der Waals surface area contributed by atoms with Crippen molar-refractivity contribution in [2.45, 2.75) is 52.6 Å². The first kappa shape index (κ1) is 15.1. The molecule has 0 bridgehead atoms. The van der Waals surface area contributed by atoms with Crippen LogP contribution in [0.1, 0.15) is 46.6 Å². The Morgan fingerprint density at radius 2 is 1.70 bits per heavy atom. The Balaban J connectivity index is 2.03. The number of esters is 1. The van der Waals surface area contributed by atoms with E-state index in [-0.39, 0.29) is 23.4 Å². The van der Waals surface area contributed by atoms with Crippen LogP contribution in [-0.2, 0) is 14.9 Å². The fraction of sp³-hybridized carbons (Fsp3) is 0.611. The lowest BCUT2D eigenvalue weighted by Gasteiger charge is -2.25. The highest BCUT2D eigenvalue weighted by Gasteiger charge is 2.56. The molecular formula is C18H26O2. The molecule has 0 saturated heterocycles. The number of hydrogen-bond acceptors (Lipinski definition) is 2. The summed E-state index contributed by atoms with van der Waals surface area (Å²) in [5.74, 6) is 0.718. The molecule has 0 aliphatic heterocycles. The van der Waals surface area contributed by atoms with Gasteiger partial charge >= 0.3 is 5.97 Å². The van der Waals surface area contributed by atoms with Gasteiger partial charge in [-0.2, -0.15) is 0 Å². The van der Waals surface area contributed by atoms with Crippen LogP contribution in [0.2, 0.25) is 0 Å². The van der Waals surface area contributed by atoms with Crippen molar-refractivity contribution in [3.8, 4) is 0 Å². The molecular weight excluding hydrogens is 248 g/mol. The van der Waals surface area contributed by atoms with Crippen LogP contribution in [-0.4, -0.2) is 12.1 Å². The molecule has 2 nitrogen and oxygen atoms in total. The monoisotopic (exact) mass is 274 g/mol. The van der Waals surface area contributed by atoms with Gasteiger partial charge in [0.1, 0.15) is 6.10 Å². The van der Waals surface area contributed by atoms with Gasteiger partial charge in [-0.3, -0.25) is 4.79 Å². The number of benzene rings is 1. The highest BCUT2D eigenvalue weighted by Crippen LogP contribution is 2.54. The zero-order valence-corrected chi connectivity index (χ0v) is 13.2. The summed E-state index contributed by atoms with van der Waals surface area (Å²) in [6, 6.07) is 10.3. The molecule has 1 aromatic carbocycles. The van der Waals surface area contributed by atoms with Crippen LogP contribution in [0, 0.1) is 17.8 Å². The van der Waals surface area contributed by atoms with Crippen molar-refractivity contribution >= 4 is 5.97 Å². The summed E-state index contributed by atoms with van der Waals surface area (Å²) >= 11 is 0. The fourth-order valence-electron chi connectivity index (χ4n) is 3.10. The van der Waals surface area contributed by atoms with Crippen molar-refractivity contribution in [3.05, 3.63) is 35.9 Å². The molecule has 20 heavy (non-hydrogen) atoms. The van der Waals surface area contributed by atoms with Gasteiger partial charge < -0.3 is 4.74 Å². The van der Waals surface area contributed by atoms with E-state index in [0.29, 0.717) is 11.8 Å². The molecule has 1 saturated carbocycles. The summed E-state index contributed by atoms with van der Waals surface area (Å²) in [7, 11) is 0. The number of rotatable bonds is 5. The number of hydrogen-bond donors (Lipinski definition) is 0. The third kappa shape index (κ3) is 2.89. The molecule has 0 N–H and O–H groups in total. The smallest absolute Gasteiger partial charge is 0.310 e. The summed E-state index contributed by atoms with van der Waals surface area (Å²) in [6.07, 6.45) is 0.918. The molecule has 2 rings (SSSR count). The Kier molecular flexibility index (Phi) is 4.22. The highest BCUT2D eigenvalue weighted by molar-refractivity contribution is 5.79. The summed E-state index contributed by atoms with van der Waals surface area (Å²) in [4.78, 5) is 12.4. The minimum absolute atomic E-state index is 0.0168. The largest absolute Gasteiger partial charge is 0.462 e. The van der Waals surface area contributed by atoms with E-state index in [1.807, 2.05) is 18.2 Å². The Hall–Kier alpha value is -1.31. The molecule has 110 valence electrons. The maximum absolute atomic E-state index is 12.4. The van der Waals surface area contributed by atoms with Gasteiger partial charge in [-0.25, -0.2) is 0 Å². The van der Waals surface area contributed by atoms with Gasteiger partial charge in [0.05, 0.1) is 5.92 Å². The van der Waals surface area contributed by atoms with E-state index < -0.39 is 0 Å². The zero-order chi connectivity index (χ0) is 14.9. The summed E-state index contributed by atoms with van der Waals surface area (Å²) < 4.78 is 5.78. The zero-order valence-electron chi connectivity index (χ0n) is 13.2. The van der Waals surface area contributed by atoms with Crippen molar-refractivity contribution in [2.24, 2.45) is 17.8 Å². The van der Waals surface area contributed by atoms with E-state index in [0.717, 1.165) is 6.42 Å². The second-order valence-corrected chi connectivity index (χ2v) is 6.93. The molecule has 1 fully saturated rings. The lowest BCUT2D eigenvalue weighted by molar-refractivity contribution is -0.156. The maximum Gasteiger partial charge on any atom is 0.310 e. The molecule has 0 aromatic heterocycles. The quantitative estimate of drug-likeness (QED) is 0.753. The normalized spacial score (nSPS) is 25.3. The lowest BCUT2D eigenvalue weighted by atomic mass is 9.94. The van der Waals surface area contributed by atoms with Gasteiger partial charge in [0.15, 0.2) is 0 Å². The van der Waals surface area contributed by atoms with Gasteiger partial charge in [0, 0.05) is 5.41 Å². The van der Waals surface area contributed by atoms with E-state index in [2.05, 4.69) is 46.8 Å². The molecule has 0 radical (unpaired) electrons. The van der Waals surface area contributed by atoms with Gasteiger partial charge in [0.2, 0.25) is 0 Å². The van der Waals surface area contributed by atoms with Gasteiger partial charge in [-0.05, 0) is 23.8 Å². The van der Waals surface area contributed by atoms with Crippen LogP contribution < -0.4 is 0 Å². The predicted octanol–water partition coefficient (Wildman–Crippen LogP) is 4.19. The van der Waals surface area contributed by atoms with E-state index >= 15 is 0 Å². The maximum atomic E-state index is 12.4. The van der Waals surface area contributed by atoms with Crippen molar-refractivity contribution < 1.29 is 9.53 Å². The third-order valence-corrected chi connectivity index (χ3v) is 4.52. The Labute approximate surface area is 122 Å². The van der Waals surface area contributed by atoms with E-state index in [9.17, 15) is 4.79 Å². The molecule has 0 unspecified atom stereocenters. The SMILES string of the molecule is CC(C)C(OC(=O)[C@H]1C[C@@]1(C)c1ccccc1)C(C)C. The molecule has 2 atom stereocenters. The molecule has 0 amide bonds. The van der Waals surface area contributed by atoms with Crippen LogP contribution in [0.3, 0.4) is 0 Å². The summed E-state index contributed by atoms with van der Waals surface area (Å²) in [5.41, 5.74) is 1.21. The molecule has 1 aliphatic carbocycles. The molecule has 0 heterocycles. The Morgan fingerprint density at radius 3 is 2.20 bits per heavy atom. The summed E-state index contributed by atoms with van der Waals surface area (Å²) in [6.45, 7) is 10.6. The first-order valence-corrected chi connectivity index (χ1v) is 7.62. The van der Waals surface area contributed by atoms with Gasteiger partial charge in [-0.1, -0.05) is 65.0 Å². The first-order chi connectivity index (χ1) is 9.36. The lowest BCUT2D eigenvalue weighted by Crippen LogP contribution is -2.30. The Morgan fingerprint density at radius 1 is 1.15 bits per heavy atom. The second-order valence-electron chi connectivity index (χ2n) is 6.93. The molecule has 0 spiro atoms. The van der Waals surface area contributed by atoms with Crippen LogP contribution in [0.15, 0.2) is 30.3 Å². The van der Waals surface area contributed by atoms with E-state index in [1.165, 1.54) is 5.56 Å². The Bertz CT molecular complexity index is 456. The molecule has 2 heteroatoms. The fourth-order valence-corrected chi connectivity index (χ4v) is 3.10. The van der Waals surface area contributed by atoms with Crippen molar-refractivity contribution in [1.29, 1.82) is 0 Å². The predicted molar refractivity (Wildman–Crippen MR) is 81.5 cm³/mol. The van der Waals surface area contributed by atoms with Crippen LogP contribution >= 0.6 is 0 Å². The number of ether oxygens (including phenoxy) is 1. The van der Waals surface area contributed by atoms with Crippen molar-refractivity contribution in [2.75, 3.05) is 0 Å². The van der Waals surface area contributed by atoms with Gasteiger partial charge in [0.25, 0.3) is 0 Å². The minimum atomic E-state index is -0.0309. The third-order valence-electron chi connectivity index (χ3n) is 4.52. The van der Waals surface area contributed by atoms with E-state index in [4.69, 9.17) is 4.74 Å². The average Bonchev–Trinajstić information content (AvgIpc) is 3.10. The molecule has 1 aliphatic rings. The van der Waals surface area contributed by atoms with Crippen molar-refractivity contribution in [3.63, 3.8) is 0 Å². The minimum Gasteiger partial charge on any atom is -0.462 e. The summed E-state index contributed by atoms with van der Waals surface area (Å²) in [5, 5.41) is 0. The number of carbonyl (C=O) groups excluding carboxylic acids is 1. The van der Waals surface area contributed by atoms with Crippen LogP contribution in [0.4, 0.5) is 0 Å². The topological polar surface area (TPSA) is 26.3 Å². The van der Waals surface area contributed by atoms with E-state index in [1.54, 1.807) is 0 Å². The standard InChI is InChI=1S/C18H26O2/c1-12(2)16(13(3)4)20-17(19)15-11-18(15,5)14-9-7-6-8-10-14/h6-10,12-13,15-16H,11H2,1-5H3/t15-,18+/m1/s1. The molecule has 1 aromatic rings.